The van der Waals surface area contributed by atoms with Gasteiger partial charge in [-0.3, -0.25) is 9.59 Å². The highest BCUT2D eigenvalue weighted by Crippen LogP contribution is 2.22. The van der Waals surface area contributed by atoms with Gasteiger partial charge in [-0.2, -0.15) is 5.10 Å². The largest absolute Gasteiger partial charge is 1.00 e. The van der Waals surface area contributed by atoms with Crippen molar-refractivity contribution in [1.29, 1.82) is 0 Å². The summed E-state index contributed by atoms with van der Waals surface area (Å²) in [5.41, 5.74) is 2.12. The van der Waals surface area contributed by atoms with Crippen molar-refractivity contribution in [2.45, 2.75) is 44.7 Å². The summed E-state index contributed by atoms with van der Waals surface area (Å²) >= 11 is 0. The Morgan fingerprint density at radius 3 is 2.26 bits per heavy atom. The zero-order valence-electron chi connectivity index (χ0n) is 21.2. The third kappa shape index (κ3) is 5.84. The lowest BCUT2D eigenvalue weighted by atomic mass is 10.0. The molecule has 0 spiro atoms. The molecule has 1 saturated heterocycles. The highest BCUT2D eigenvalue weighted by molar-refractivity contribution is 5.98. The van der Waals surface area contributed by atoms with Crippen molar-refractivity contribution < 1.29 is 30.9 Å². The quantitative estimate of drug-likeness (QED) is 0.376. The molecule has 2 heterocycles. The van der Waals surface area contributed by atoms with E-state index in [-0.39, 0.29) is 47.5 Å². The number of carbonyl (C=O) groups is 1. The Balaban J connectivity index is 0.00000336. The topological polar surface area (TPSA) is 56.4 Å². The molecule has 38 heavy (non-hydrogen) atoms. The molecule has 0 amide bonds. The van der Waals surface area contributed by atoms with Crippen LogP contribution in [0.3, 0.4) is 0 Å². The SMILES string of the molecule is CC(C(=O)c1ccc(F)cc1)[NH+]1CCCC(n2nc(Cc3ccc(F)cc3)c3ccccc3c2=O)CC1.[Cl-]. The van der Waals surface area contributed by atoms with Crippen LogP contribution in [0.25, 0.3) is 10.8 Å². The Morgan fingerprint density at radius 1 is 0.947 bits per heavy atom. The second-order valence-corrected chi connectivity index (χ2v) is 9.88. The number of halogens is 3. The van der Waals surface area contributed by atoms with Crippen LogP contribution in [0.15, 0.2) is 77.6 Å². The van der Waals surface area contributed by atoms with Crippen LogP contribution in [0.4, 0.5) is 8.78 Å². The second-order valence-electron chi connectivity index (χ2n) is 9.88. The maximum atomic E-state index is 13.5. The van der Waals surface area contributed by atoms with Gasteiger partial charge < -0.3 is 17.3 Å². The number of likely N-dealkylation sites (tertiary alicyclic amines) is 1. The van der Waals surface area contributed by atoms with E-state index < -0.39 is 0 Å². The van der Waals surface area contributed by atoms with E-state index in [0.717, 1.165) is 53.9 Å². The number of benzene rings is 3. The number of hydrogen-bond acceptors (Lipinski definition) is 3. The second kappa shape index (κ2) is 12.0. The number of ketones is 1. The maximum absolute atomic E-state index is 13.5. The van der Waals surface area contributed by atoms with E-state index in [2.05, 4.69) is 0 Å². The van der Waals surface area contributed by atoms with Crippen molar-refractivity contribution in [2.24, 2.45) is 0 Å². The summed E-state index contributed by atoms with van der Waals surface area (Å²) in [6.45, 7) is 3.46. The highest BCUT2D eigenvalue weighted by Gasteiger charge is 2.30. The van der Waals surface area contributed by atoms with Crippen molar-refractivity contribution in [2.75, 3.05) is 13.1 Å². The van der Waals surface area contributed by atoms with Crippen LogP contribution in [-0.4, -0.2) is 34.7 Å². The molecule has 1 N–H and O–H groups in total. The zero-order chi connectivity index (χ0) is 25.9. The summed E-state index contributed by atoms with van der Waals surface area (Å²) in [6, 6.07) is 19.2. The number of carbonyl (C=O) groups excluding carboxylic acids is 1. The summed E-state index contributed by atoms with van der Waals surface area (Å²) in [5, 5.41) is 6.28. The highest BCUT2D eigenvalue weighted by atomic mass is 35.5. The third-order valence-electron chi connectivity index (χ3n) is 7.50. The normalized spacial score (nSPS) is 18.4. The third-order valence-corrected chi connectivity index (χ3v) is 7.50. The van der Waals surface area contributed by atoms with Gasteiger partial charge in [-0.05, 0) is 67.8 Å². The zero-order valence-corrected chi connectivity index (χ0v) is 21.9. The fourth-order valence-corrected chi connectivity index (χ4v) is 5.36. The maximum Gasteiger partial charge on any atom is 0.274 e. The fraction of sp³-hybridized carbons (Fsp3) is 0.300. The predicted octanol–water partition coefficient (Wildman–Crippen LogP) is 1.15. The molecule has 5 nitrogen and oxygen atoms in total. The van der Waals surface area contributed by atoms with Gasteiger partial charge in [0.15, 0.2) is 0 Å². The van der Waals surface area contributed by atoms with Crippen molar-refractivity contribution >= 4 is 16.6 Å². The minimum absolute atomic E-state index is 0. The Morgan fingerprint density at radius 2 is 1.58 bits per heavy atom. The van der Waals surface area contributed by atoms with Gasteiger partial charge in [0.2, 0.25) is 5.78 Å². The first kappa shape index (κ1) is 27.6. The lowest BCUT2D eigenvalue weighted by Gasteiger charge is -2.24. The van der Waals surface area contributed by atoms with Crippen LogP contribution in [-0.2, 0) is 6.42 Å². The smallest absolute Gasteiger partial charge is 0.274 e. The first-order valence-corrected chi connectivity index (χ1v) is 12.8. The van der Waals surface area contributed by atoms with Crippen LogP contribution >= 0.6 is 0 Å². The number of fused-ring (bicyclic) bond motifs is 1. The van der Waals surface area contributed by atoms with Gasteiger partial charge in [-0.1, -0.05) is 30.3 Å². The molecule has 1 aliphatic rings. The van der Waals surface area contributed by atoms with Crippen LogP contribution in [0.2, 0.25) is 0 Å². The Kier molecular flexibility index (Phi) is 8.69. The van der Waals surface area contributed by atoms with Crippen LogP contribution < -0.4 is 22.9 Å². The van der Waals surface area contributed by atoms with E-state index in [0.29, 0.717) is 17.4 Å². The average Bonchev–Trinajstić information content (AvgIpc) is 3.17. The average molecular weight is 538 g/mol. The van der Waals surface area contributed by atoms with E-state index in [1.54, 1.807) is 16.8 Å². The summed E-state index contributed by atoms with van der Waals surface area (Å²) in [4.78, 5) is 27.7. The van der Waals surface area contributed by atoms with Gasteiger partial charge >= 0.3 is 0 Å². The molecule has 8 heteroatoms. The standard InChI is InChI=1S/C30H29F2N3O2.ClH/c1-20(29(36)22-10-14-24(32)15-11-22)34-17-4-5-25(16-18-34)35-30(37)27-7-3-2-6-26(27)28(33-35)19-21-8-12-23(31)13-9-21;/h2-3,6-15,20,25H,4-5,16-19H2,1H3;1H. The number of rotatable bonds is 6. The molecule has 1 aliphatic heterocycles. The molecule has 1 aromatic heterocycles. The predicted molar refractivity (Wildman–Crippen MR) is 139 cm³/mol. The molecule has 198 valence electrons. The van der Waals surface area contributed by atoms with Gasteiger partial charge in [0.25, 0.3) is 5.56 Å². The molecular formula is C30H30ClF2N3O2. The molecule has 1 fully saturated rings. The van der Waals surface area contributed by atoms with Crippen molar-refractivity contribution in [3.05, 3.63) is 112 Å². The van der Waals surface area contributed by atoms with E-state index in [1.807, 2.05) is 31.2 Å². The molecule has 0 aliphatic carbocycles. The molecule has 4 aromatic rings. The van der Waals surface area contributed by atoms with Gasteiger partial charge in [0, 0.05) is 23.8 Å². The molecule has 0 bridgehead atoms. The van der Waals surface area contributed by atoms with E-state index in [4.69, 9.17) is 5.10 Å². The van der Waals surface area contributed by atoms with E-state index in [9.17, 15) is 18.4 Å². The monoisotopic (exact) mass is 537 g/mol. The minimum atomic E-state index is -0.360. The van der Waals surface area contributed by atoms with Crippen LogP contribution in [0, 0.1) is 11.6 Å². The van der Waals surface area contributed by atoms with Crippen molar-refractivity contribution in [3.63, 3.8) is 0 Å². The summed E-state index contributed by atoms with van der Waals surface area (Å²) in [5.74, 6) is -0.651. The van der Waals surface area contributed by atoms with Crippen LogP contribution in [0.1, 0.15) is 53.8 Å². The summed E-state index contributed by atoms with van der Waals surface area (Å²) in [6.07, 6.45) is 2.86. The number of quaternary nitrogens is 1. The van der Waals surface area contributed by atoms with E-state index in [1.165, 1.54) is 36.4 Å². The molecule has 3 atom stereocenters. The van der Waals surface area contributed by atoms with Gasteiger partial charge in [0.1, 0.15) is 17.7 Å². The van der Waals surface area contributed by atoms with Gasteiger partial charge in [-0.15, -0.1) is 0 Å². The Hall–Kier alpha value is -3.42. The summed E-state index contributed by atoms with van der Waals surface area (Å²) < 4.78 is 28.4. The number of nitrogens with one attached hydrogen (secondary N) is 1. The number of nitrogens with zero attached hydrogens (tertiary/aromatic N) is 2. The van der Waals surface area contributed by atoms with Crippen LogP contribution in [0.5, 0.6) is 0 Å². The lowest BCUT2D eigenvalue weighted by Crippen LogP contribution is -3.16. The Bertz CT molecular complexity index is 1470. The first-order chi connectivity index (χ1) is 17.9. The number of aromatic nitrogens is 2. The molecule has 0 saturated carbocycles. The number of hydrogen-bond donors (Lipinski definition) is 1. The molecule has 0 radical (unpaired) electrons. The minimum Gasteiger partial charge on any atom is -1.00 e. The molecule has 3 aromatic carbocycles. The molecular weight excluding hydrogens is 508 g/mol. The molecule has 3 unspecified atom stereocenters. The molecule has 5 rings (SSSR count). The lowest BCUT2D eigenvalue weighted by molar-refractivity contribution is -0.912. The number of Topliss-reactive ketones (excluding diaryl/α,β-unsaturated/α-hetero) is 1. The Labute approximate surface area is 226 Å². The summed E-state index contributed by atoms with van der Waals surface area (Å²) in [7, 11) is 0. The first-order valence-electron chi connectivity index (χ1n) is 12.8. The fourth-order valence-electron chi connectivity index (χ4n) is 5.36. The van der Waals surface area contributed by atoms with Gasteiger partial charge in [0.05, 0.1) is 30.2 Å². The van der Waals surface area contributed by atoms with Gasteiger partial charge in [-0.25, -0.2) is 13.5 Å². The van der Waals surface area contributed by atoms with Crippen molar-refractivity contribution in [3.8, 4) is 0 Å². The van der Waals surface area contributed by atoms with Crippen molar-refractivity contribution in [1.82, 2.24) is 9.78 Å². The van der Waals surface area contributed by atoms with E-state index >= 15 is 0 Å².